The van der Waals surface area contributed by atoms with Gasteiger partial charge in [0.15, 0.2) is 0 Å². The minimum absolute atomic E-state index is 0.730. The Morgan fingerprint density at radius 3 is 1.91 bits per heavy atom. The second-order valence-corrected chi connectivity index (χ2v) is 4.80. The van der Waals surface area contributed by atoms with Crippen LogP contribution in [0.3, 0.4) is 0 Å². The Labute approximate surface area is 71.4 Å². The van der Waals surface area contributed by atoms with E-state index in [9.17, 15) is 0 Å². The number of hydrogen-bond donors (Lipinski definition) is 0. The van der Waals surface area contributed by atoms with E-state index in [0.717, 1.165) is 23.2 Å². The van der Waals surface area contributed by atoms with E-state index >= 15 is 0 Å². The predicted octanol–water partition coefficient (Wildman–Crippen LogP) is 3.71. The molecule has 0 aromatic rings. The first kappa shape index (κ1) is 9.09. The van der Waals surface area contributed by atoms with Crippen LogP contribution in [0.25, 0.3) is 0 Å². The smallest absolute Gasteiger partial charge is 0.0243 e. The van der Waals surface area contributed by atoms with E-state index in [-0.39, 0.29) is 0 Å². The molecular weight excluding hydrogens is 132 g/mol. The van der Waals surface area contributed by atoms with Gasteiger partial charge >= 0.3 is 0 Å². The molecule has 11 heavy (non-hydrogen) atoms. The van der Waals surface area contributed by atoms with Gasteiger partial charge in [0.05, 0.1) is 0 Å². The van der Waals surface area contributed by atoms with Crippen molar-refractivity contribution in [2.45, 2.75) is 47.5 Å². The Hall–Kier alpha value is 0. The van der Waals surface area contributed by atoms with E-state index in [1.54, 1.807) is 0 Å². The molecular formula is C11H22. The zero-order valence-corrected chi connectivity index (χ0v) is 8.65. The first-order valence-electron chi connectivity index (χ1n) is 5.04. The van der Waals surface area contributed by atoms with Crippen molar-refractivity contribution in [3.63, 3.8) is 0 Å². The van der Waals surface area contributed by atoms with Gasteiger partial charge in [0.1, 0.15) is 0 Å². The van der Waals surface area contributed by atoms with Crippen LogP contribution in [0.2, 0.25) is 0 Å². The molecule has 0 aliphatic heterocycles. The molecule has 1 saturated carbocycles. The highest BCUT2D eigenvalue weighted by molar-refractivity contribution is 5.04. The van der Waals surface area contributed by atoms with Crippen molar-refractivity contribution in [1.29, 1.82) is 0 Å². The molecule has 0 aromatic heterocycles. The van der Waals surface area contributed by atoms with Gasteiger partial charge in [-0.3, -0.25) is 0 Å². The van der Waals surface area contributed by atoms with Crippen LogP contribution in [0.5, 0.6) is 0 Å². The van der Waals surface area contributed by atoms with Crippen molar-refractivity contribution in [1.82, 2.24) is 0 Å². The quantitative estimate of drug-likeness (QED) is 0.581. The monoisotopic (exact) mass is 154 g/mol. The van der Waals surface area contributed by atoms with Crippen LogP contribution in [-0.2, 0) is 0 Å². The van der Waals surface area contributed by atoms with Gasteiger partial charge in [-0.15, -0.1) is 0 Å². The normalized spacial score (nSPS) is 36.8. The molecule has 0 amide bonds. The SMILES string of the molecule is CCC1(C(C)C)CC1C(C)C. The summed E-state index contributed by atoms with van der Waals surface area (Å²) in [6, 6.07) is 0. The fourth-order valence-corrected chi connectivity index (χ4v) is 2.73. The molecule has 1 fully saturated rings. The third-order valence-electron chi connectivity index (χ3n) is 3.79. The van der Waals surface area contributed by atoms with Crippen LogP contribution in [-0.4, -0.2) is 0 Å². The maximum atomic E-state index is 2.38. The Bertz CT molecular complexity index is 135. The molecule has 0 aromatic carbocycles. The fraction of sp³-hybridized carbons (Fsp3) is 1.00. The molecule has 1 aliphatic carbocycles. The van der Waals surface area contributed by atoms with Crippen LogP contribution in [0.1, 0.15) is 47.5 Å². The van der Waals surface area contributed by atoms with Gasteiger partial charge in [0.2, 0.25) is 0 Å². The largest absolute Gasteiger partial charge is 0.0648 e. The zero-order valence-electron chi connectivity index (χ0n) is 8.65. The third kappa shape index (κ3) is 1.32. The summed E-state index contributed by atoms with van der Waals surface area (Å²) in [5.41, 5.74) is 0.730. The van der Waals surface area contributed by atoms with Gasteiger partial charge in [-0.2, -0.15) is 0 Å². The highest BCUT2D eigenvalue weighted by Gasteiger charge is 2.55. The molecule has 2 unspecified atom stereocenters. The summed E-state index contributed by atoms with van der Waals surface area (Å²) in [5.74, 6) is 2.81. The van der Waals surface area contributed by atoms with Crippen LogP contribution in [0.15, 0.2) is 0 Å². The average molecular weight is 154 g/mol. The average Bonchev–Trinajstić information content (AvgIpc) is 2.62. The lowest BCUT2D eigenvalue weighted by molar-refractivity contribution is 0.283. The predicted molar refractivity (Wildman–Crippen MR) is 50.5 cm³/mol. The Morgan fingerprint density at radius 1 is 1.27 bits per heavy atom. The van der Waals surface area contributed by atoms with Gasteiger partial charge in [-0.1, -0.05) is 34.6 Å². The first-order chi connectivity index (χ1) is 5.04. The molecule has 66 valence electrons. The molecule has 0 heterocycles. The summed E-state index contributed by atoms with van der Waals surface area (Å²) in [6.45, 7) is 11.8. The van der Waals surface area contributed by atoms with Crippen LogP contribution < -0.4 is 0 Å². The van der Waals surface area contributed by atoms with Gasteiger partial charge < -0.3 is 0 Å². The van der Waals surface area contributed by atoms with E-state index in [1.807, 2.05) is 0 Å². The van der Waals surface area contributed by atoms with E-state index in [1.165, 1.54) is 12.8 Å². The van der Waals surface area contributed by atoms with Gasteiger partial charge in [-0.05, 0) is 36.0 Å². The Kier molecular flexibility index (Phi) is 2.32. The van der Waals surface area contributed by atoms with Crippen LogP contribution in [0.4, 0.5) is 0 Å². The lowest BCUT2D eigenvalue weighted by Crippen LogP contribution is -2.13. The minimum atomic E-state index is 0.730. The molecule has 0 radical (unpaired) electrons. The lowest BCUT2D eigenvalue weighted by atomic mass is 9.84. The molecule has 0 heteroatoms. The second kappa shape index (κ2) is 2.80. The lowest BCUT2D eigenvalue weighted by Gasteiger charge is -2.21. The fourth-order valence-electron chi connectivity index (χ4n) is 2.73. The first-order valence-corrected chi connectivity index (χ1v) is 5.04. The van der Waals surface area contributed by atoms with E-state index < -0.39 is 0 Å². The molecule has 0 N–H and O–H groups in total. The highest BCUT2D eigenvalue weighted by atomic mass is 14.6. The molecule has 2 atom stereocenters. The van der Waals surface area contributed by atoms with Crippen molar-refractivity contribution >= 4 is 0 Å². The van der Waals surface area contributed by atoms with Crippen molar-refractivity contribution < 1.29 is 0 Å². The van der Waals surface area contributed by atoms with E-state index in [4.69, 9.17) is 0 Å². The standard InChI is InChI=1S/C11H22/c1-6-11(9(4)5)7-10(11)8(2)3/h8-10H,6-7H2,1-5H3. The number of rotatable bonds is 3. The molecule has 1 aliphatic rings. The molecule has 0 saturated heterocycles. The summed E-state index contributed by atoms with van der Waals surface area (Å²) in [5, 5.41) is 0. The van der Waals surface area contributed by atoms with Gasteiger partial charge in [0.25, 0.3) is 0 Å². The third-order valence-corrected chi connectivity index (χ3v) is 3.79. The molecule has 0 nitrogen and oxygen atoms in total. The van der Waals surface area contributed by atoms with E-state index in [0.29, 0.717) is 0 Å². The van der Waals surface area contributed by atoms with Crippen LogP contribution in [0, 0.1) is 23.2 Å². The zero-order chi connectivity index (χ0) is 8.65. The topological polar surface area (TPSA) is 0 Å². The van der Waals surface area contributed by atoms with Crippen molar-refractivity contribution in [2.75, 3.05) is 0 Å². The summed E-state index contributed by atoms with van der Waals surface area (Å²) in [6.07, 6.45) is 2.87. The second-order valence-electron chi connectivity index (χ2n) is 4.80. The Morgan fingerprint density at radius 2 is 1.82 bits per heavy atom. The van der Waals surface area contributed by atoms with Crippen molar-refractivity contribution in [2.24, 2.45) is 23.2 Å². The van der Waals surface area contributed by atoms with Crippen molar-refractivity contribution in [3.8, 4) is 0 Å². The summed E-state index contributed by atoms with van der Waals surface area (Å²) in [7, 11) is 0. The molecule has 0 spiro atoms. The van der Waals surface area contributed by atoms with Gasteiger partial charge in [0, 0.05) is 0 Å². The van der Waals surface area contributed by atoms with Gasteiger partial charge in [-0.25, -0.2) is 0 Å². The molecule has 0 bridgehead atoms. The van der Waals surface area contributed by atoms with Crippen molar-refractivity contribution in [3.05, 3.63) is 0 Å². The highest BCUT2D eigenvalue weighted by Crippen LogP contribution is 2.63. The maximum Gasteiger partial charge on any atom is -0.0243 e. The maximum absolute atomic E-state index is 2.38. The summed E-state index contributed by atoms with van der Waals surface area (Å²) < 4.78 is 0. The summed E-state index contributed by atoms with van der Waals surface area (Å²) >= 11 is 0. The summed E-state index contributed by atoms with van der Waals surface area (Å²) in [4.78, 5) is 0. The molecule has 1 rings (SSSR count). The number of hydrogen-bond acceptors (Lipinski definition) is 0. The van der Waals surface area contributed by atoms with Crippen LogP contribution >= 0.6 is 0 Å². The minimum Gasteiger partial charge on any atom is -0.0648 e. The Balaban J connectivity index is 2.56. The van der Waals surface area contributed by atoms with E-state index in [2.05, 4.69) is 34.6 Å².